The molecule has 6 nitrogen and oxygen atoms in total. The normalized spacial score (nSPS) is 11.4. The van der Waals surface area contributed by atoms with E-state index in [0.29, 0.717) is 22.7 Å². The van der Waals surface area contributed by atoms with Crippen LogP contribution in [0.5, 0.6) is 0 Å². The Morgan fingerprint density at radius 3 is 2.59 bits per heavy atom. The van der Waals surface area contributed by atoms with Crippen LogP contribution in [0.25, 0.3) is 5.69 Å². The quantitative estimate of drug-likeness (QED) is 0.703. The van der Waals surface area contributed by atoms with E-state index < -0.39 is 9.84 Å². The molecule has 8 heteroatoms. The fourth-order valence-electron chi connectivity index (χ4n) is 2.74. The van der Waals surface area contributed by atoms with Crippen molar-refractivity contribution in [1.82, 2.24) is 9.78 Å². The minimum Gasteiger partial charge on any atom is -0.322 e. The summed E-state index contributed by atoms with van der Waals surface area (Å²) in [5, 5.41) is 7.64. The van der Waals surface area contributed by atoms with Gasteiger partial charge in [0.25, 0.3) is 5.91 Å². The van der Waals surface area contributed by atoms with Gasteiger partial charge in [0.15, 0.2) is 9.84 Å². The molecule has 140 valence electrons. The lowest BCUT2D eigenvalue weighted by molar-refractivity contribution is 0.102. The van der Waals surface area contributed by atoms with E-state index in [1.165, 1.54) is 18.3 Å². The Kier molecular flexibility index (Phi) is 5.34. The summed E-state index contributed by atoms with van der Waals surface area (Å²) in [4.78, 5) is 12.9. The van der Waals surface area contributed by atoms with Gasteiger partial charge in [-0.1, -0.05) is 30.7 Å². The smallest absolute Gasteiger partial charge is 0.259 e. The van der Waals surface area contributed by atoms with Crippen molar-refractivity contribution in [3.8, 4) is 5.69 Å². The molecule has 0 aliphatic carbocycles. The maximum Gasteiger partial charge on any atom is 0.259 e. The number of hydrogen-bond donors (Lipinski definition) is 1. The van der Waals surface area contributed by atoms with Gasteiger partial charge in [-0.05, 0) is 42.8 Å². The highest BCUT2D eigenvalue weighted by Gasteiger charge is 2.18. The Labute approximate surface area is 162 Å². The summed E-state index contributed by atoms with van der Waals surface area (Å²) in [5.41, 5.74) is 2.31. The molecule has 27 heavy (non-hydrogen) atoms. The van der Waals surface area contributed by atoms with E-state index in [0.717, 1.165) is 17.6 Å². The molecule has 0 saturated carbocycles. The van der Waals surface area contributed by atoms with Gasteiger partial charge in [0, 0.05) is 17.0 Å². The largest absolute Gasteiger partial charge is 0.322 e. The summed E-state index contributed by atoms with van der Waals surface area (Å²) in [6, 6.07) is 13.3. The number of nitrogens with zero attached hydrogens (tertiary/aromatic N) is 2. The van der Waals surface area contributed by atoms with E-state index in [9.17, 15) is 13.2 Å². The second-order valence-electron chi connectivity index (χ2n) is 6.00. The van der Waals surface area contributed by atoms with E-state index in [1.807, 2.05) is 19.1 Å². The maximum absolute atomic E-state index is 12.7. The molecule has 0 fully saturated rings. The third-order valence-corrected chi connectivity index (χ3v) is 5.37. The number of carbonyl (C=O) groups excluding carboxylic acids is 1. The Hall–Kier alpha value is -2.64. The SMILES string of the molecule is CCc1c(C(=O)Nc2cccc(S(C)(=O)=O)c2)cnn1-c1cccc(Cl)c1. The standard InChI is InChI=1S/C19H18ClN3O3S/c1-3-18-17(12-21-23(18)15-8-4-6-13(20)10-15)19(24)22-14-7-5-9-16(11-14)27(2,25)26/h4-12H,3H2,1-2H3,(H,22,24). The summed E-state index contributed by atoms with van der Waals surface area (Å²) in [5.74, 6) is -0.356. The van der Waals surface area contributed by atoms with E-state index in [1.54, 1.807) is 28.9 Å². The zero-order chi connectivity index (χ0) is 19.6. The van der Waals surface area contributed by atoms with Crippen molar-refractivity contribution in [2.24, 2.45) is 0 Å². The first kappa shape index (κ1) is 19.1. The molecule has 1 amide bonds. The molecule has 2 aromatic carbocycles. The number of halogens is 1. The first-order valence-corrected chi connectivity index (χ1v) is 10.5. The van der Waals surface area contributed by atoms with Crippen LogP contribution < -0.4 is 5.32 Å². The van der Waals surface area contributed by atoms with Gasteiger partial charge in [-0.2, -0.15) is 5.10 Å². The number of rotatable bonds is 5. The summed E-state index contributed by atoms with van der Waals surface area (Å²) >= 11 is 6.05. The maximum atomic E-state index is 12.7. The molecule has 0 atom stereocenters. The molecule has 0 aliphatic rings. The molecule has 0 saturated heterocycles. The summed E-state index contributed by atoms with van der Waals surface area (Å²) in [6.07, 6.45) is 3.20. The van der Waals surface area contributed by atoms with Gasteiger partial charge >= 0.3 is 0 Å². The molecule has 1 aromatic heterocycles. The van der Waals surface area contributed by atoms with Crippen molar-refractivity contribution in [1.29, 1.82) is 0 Å². The molecule has 0 unspecified atom stereocenters. The number of aromatic nitrogens is 2. The lowest BCUT2D eigenvalue weighted by Crippen LogP contribution is -2.14. The van der Waals surface area contributed by atoms with E-state index in [4.69, 9.17) is 11.6 Å². The fourth-order valence-corrected chi connectivity index (χ4v) is 3.59. The van der Waals surface area contributed by atoms with Crippen LogP contribution in [0.1, 0.15) is 23.0 Å². The lowest BCUT2D eigenvalue weighted by Gasteiger charge is -2.09. The third-order valence-electron chi connectivity index (χ3n) is 4.02. The van der Waals surface area contributed by atoms with Crippen LogP contribution in [0.3, 0.4) is 0 Å². The van der Waals surface area contributed by atoms with Gasteiger partial charge in [0.1, 0.15) is 0 Å². The van der Waals surface area contributed by atoms with Crippen LogP contribution in [0, 0.1) is 0 Å². The van der Waals surface area contributed by atoms with Gasteiger partial charge < -0.3 is 5.32 Å². The Balaban J connectivity index is 1.92. The highest BCUT2D eigenvalue weighted by atomic mass is 35.5. The zero-order valence-electron chi connectivity index (χ0n) is 14.8. The number of nitrogens with one attached hydrogen (secondary N) is 1. The van der Waals surface area contributed by atoms with Crippen LogP contribution in [0.4, 0.5) is 5.69 Å². The fraction of sp³-hybridized carbons (Fsp3) is 0.158. The highest BCUT2D eigenvalue weighted by Crippen LogP contribution is 2.21. The topological polar surface area (TPSA) is 81.1 Å². The Bertz CT molecular complexity index is 1110. The first-order valence-electron chi connectivity index (χ1n) is 8.24. The predicted octanol–water partition coefficient (Wildman–Crippen LogP) is 3.74. The first-order chi connectivity index (χ1) is 12.8. The van der Waals surface area contributed by atoms with Crippen LogP contribution in [-0.4, -0.2) is 30.4 Å². The minimum atomic E-state index is -3.35. The van der Waals surface area contributed by atoms with Crippen molar-refractivity contribution >= 4 is 33.0 Å². The van der Waals surface area contributed by atoms with Crippen molar-refractivity contribution in [3.63, 3.8) is 0 Å². The molecule has 0 aliphatic heterocycles. The van der Waals surface area contributed by atoms with E-state index in [2.05, 4.69) is 10.4 Å². The molecule has 0 radical (unpaired) electrons. The Morgan fingerprint density at radius 1 is 1.19 bits per heavy atom. The summed E-state index contributed by atoms with van der Waals surface area (Å²) in [6.45, 7) is 1.93. The number of carbonyl (C=O) groups is 1. The minimum absolute atomic E-state index is 0.144. The molecule has 3 rings (SSSR count). The number of hydrogen-bond acceptors (Lipinski definition) is 4. The highest BCUT2D eigenvalue weighted by molar-refractivity contribution is 7.90. The van der Waals surface area contributed by atoms with Crippen LogP contribution in [0.2, 0.25) is 5.02 Å². The van der Waals surface area contributed by atoms with Crippen molar-refractivity contribution in [2.75, 3.05) is 11.6 Å². The number of benzene rings is 2. The Morgan fingerprint density at radius 2 is 1.93 bits per heavy atom. The second-order valence-corrected chi connectivity index (χ2v) is 8.46. The average Bonchev–Trinajstić information content (AvgIpc) is 3.05. The molecular formula is C19H18ClN3O3S. The van der Waals surface area contributed by atoms with Crippen LogP contribution >= 0.6 is 11.6 Å². The van der Waals surface area contributed by atoms with Crippen LogP contribution in [0.15, 0.2) is 59.6 Å². The molecule has 0 spiro atoms. The summed E-state index contributed by atoms with van der Waals surface area (Å²) in [7, 11) is -3.35. The third kappa shape index (κ3) is 4.20. The van der Waals surface area contributed by atoms with E-state index >= 15 is 0 Å². The molecule has 3 aromatic rings. The monoisotopic (exact) mass is 403 g/mol. The van der Waals surface area contributed by atoms with Crippen molar-refractivity contribution in [2.45, 2.75) is 18.2 Å². The number of anilines is 1. The van der Waals surface area contributed by atoms with Crippen molar-refractivity contribution in [3.05, 3.63) is 71.0 Å². The zero-order valence-corrected chi connectivity index (χ0v) is 16.4. The number of amides is 1. The van der Waals surface area contributed by atoms with Gasteiger partial charge in [0.05, 0.1) is 28.0 Å². The van der Waals surface area contributed by atoms with Gasteiger partial charge in [-0.15, -0.1) is 0 Å². The number of sulfone groups is 1. The molecule has 1 N–H and O–H groups in total. The molecular weight excluding hydrogens is 386 g/mol. The average molecular weight is 404 g/mol. The molecule has 0 bridgehead atoms. The van der Waals surface area contributed by atoms with Gasteiger partial charge in [-0.25, -0.2) is 13.1 Å². The van der Waals surface area contributed by atoms with Gasteiger partial charge in [0.2, 0.25) is 0 Å². The lowest BCUT2D eigenvalue weighted by atomic mass is 10.2. The second kappa shape index (κ2) is 7.54. The molecule has 1 heterocycles. The van der Waals surface area contributed by atoms with Crippen molar-refractivity contribution < 1.29 is 13.2 Å². The van der Waals surface area contributed by atoms with Gasteiger partial charge in [-0.3, -0.25) is 4.79 Å². The van der Waals surface area contributed by atoms with Crippen LogP contribution in [-0.2, 0) is 16.3 Å². The summed E-state index contributed by atoms with van der Waals surface area (Å²) < 4.78 is 25.1. The predicted molar refractivity (Wildman–Crippen MR) is 105 cm³/mol. The van der Waals surface area contributed by atoms with E-state index in [-0.39, 0.29) is 10.8 Å².